The van der Waals surface area contributed by atoms with Crippen molar-refractivity contribution in [2.75, 3.05) is 26.0 Å². The molecule has 6 heteroatoms. The van der Waals surface area contributed by atoms with Crippen molar-refractivity contribution in [2.24, 2.45) is 0 Å². The Bertz CT molecular complexity index is 532. The second-order valence-corrected chi connectivity index (χ2v) is 7.60. The molecule has 0 saturated heterocycles. The van der Waals surface area contributed by atoms with E-state index >= 15 is 0 Å². The third kappa shape index (κ3) is 3.70. The van der Waals surface area contributed by atoms with Gasteiger partial charge >= 0.3 is 0 Å². The number of aromatic nitrogens is 3. The average Bonchev–Trinajstić information content (AvgIpc) is 2.83. The molecule has 2 rings (SSSR count). The lowest BCUT2D eigenvalue weighted by molar-refractivity contribution is 0.390. The minimum absolute atomic E-state index is 0.0695. The Labute approximate surface area is 125 Å². The van der Waals surface area contributed by atoms with Crippen molar-refractivity contribution in [1.29, 1.82) is 0 Å². The first-order valence-electron chi connectivity index (χ1n) is 7.03. The van der Waals surface area contributed by atoms with E-state index in [0.717, 1.165) is 28.8 Å². The molecular formula is C14H25N5S. The lowest BCUT2D eigenvalue weighted by atomic mass is 9.93. The predicted octanol–water partition coefficient (Wildman–Crippen LogP) is 2.84. The lowest BCUT2D eigenvalue weighted by Crippen LogP contribution is -2.22. The fourth-order valence-electron chi connectivity index (χ4n) is 1.85. The smallest absolute Gasteiger partial charge is 0.214 e. The summed E-state index contributed by atoms with van der Waals surface area (Å²) in [6.45, 7) is 9.77. The number of imidazole rings is 1. The first-order valence-corrected chi connectivity index (χ1v) is 7.85. The Balaban J connectivity index is 2.04. The minimum Gasteiger partial charge on any atom is -0.358 e. The molecule has 0 spiro atoms. The van der Waals surface area contributed by atoms with Gasteiger partial charge in [-0.2, -0.15) is 0 Å². The van der Waals surface area contributed by atoms with Gasteiger partial charge in [-0.1, -0.05) is 32.1 Å². The van der Waals surface area contributed by atoms with Gasteiger partial charge in [-0.25, -0.2) is 9.50 Å². The molecule has 2 aromatic heterocycles. The summed E-state index contributed by atoms with van der Waals surface area (Å²) in [6, 6.07) is 0.412. The summed E-state index contributed by atoms with van der Waals surface area (Å²) in [4.78, 5) is 7.81. The molecule has 5 nitrogen and oxygen atoms in total. The summed E-state index contributed by atoms with van der Waals surface area (Å²) in [5.74, 6) is 0. The zero-order valence-electron chi connectivity index (χ0n) is 13.3. The fraction of sp³-hybridized carbons (Fsp3) is 0.714. The van der Waals surface area contributed by atoms with Crippen molar-refractivity contribution >= 4 is 21.4 Å². The number of fused-ring (bicyclic) bond motifs is 1. The Morgan fingerprint density at radius 1 is 1.40 bits per heavy atom. The topological polar surface area (TPSA) is 45.5 Å². The number of nitrogens with one attached hydrogen (secondary N) is 1. The summed E-state index contributed by atoms with van der Waals surface area (Å²) < 4.78 is 1.88. The van der Waals surface area contributed by atoms with Crippen LogP contribution in [0.2, 0.25) is 0 Å². The molecule has 0 saturated carbocycles. The summed E-state index contributed by atoms with van der Waals surface area (Å²) in [5, 5.41) is 8.96. The van der Waals surface area contributed by atoms with Crippen LogP contribution in [0.1, 0.15) is 39.8 Å². The molecule has 0 fully saturated rings. The van der Waals surface area contributed by atoms with Gasteiger partial charge in [0.05, 0.1) is 11.9 Å². The molecule has 0 amide bonds. The van der Waals surface area contributed by atoms with E-state index in [4.69, 9.17) is 0 Å². The van der Waals surface area contributed by atoms with Gasteiger partial charge in [0.25, 0.3) is 0 Å². The molecule has 1 atom stereocenters. The Kier molecular flexibility index (Phi) is 4.34. The fourth-order valence-corrected chi connectivity index (χ4v) is 2.75. The summed E-state index contributed by atoms with van der Waals surface area (Å²) in [7, 11) is 4.19. The molecule has 0 aliphatic carbocycles. The van der Waals surface area contributed by atoms with Crippen LogP contribution < -0.4 is 5.32 Å². The van der Waals surface area contributed by atoms with Crippen molar-refractivity contribution in [3.05, 3.63) is 11.9 Å². The molecule has 112 valence electrons. The average molecular weight is 295 g/mol. The van der Waals surface area contributed by atoms with Gasteiger partial charge in [0, 0.05) is 11.5 Å². The predicted molar refractivity (Wildman–Crippen MR) is 85.8 cm³/mol. The van der Waals surface area contributed by atoms with Crippen LogP contribution in [0.15, 0.2) is 6.20 Å². The van der Waals surface area contributed by atoms with Crippen molar-refractivity contribution in [1.82, 2.24) is 19.5 Å². The third-order valence-corrected chi connectivity index (χ3v) is 4.04. The van der Waals surface area contributed by atoms with Gasteiger partial charge in [-0.3, -0.25) is 0 Å². The van der Waals surface area contributed by atoms with Crippen molar-refractivity contribution < 1.29 is 0 Å². The van der Waals surface area contributed by atoms with Gasteiger partial charge in [0.2, 0.25) is 10.1 Å². The highest BCUT2D eigenvalue weighted by atomic mass is 32.1. The number of nitrogens with zero attached hydrogens (tertiary/aromatic N) is 4. The van der Waals surface area contributed by atoms with Crippen LogP contribution in [0.4, 0.5) is 5.13 Å². The second kappa shape index (κ2) is 5.69. The van der Waals surface area contributed by atoms with E-state index in [1.54, 1.807) is 11.3 Å². The van der Waals surface area contributed by atoms with Crippen molar-refractivity contribution in [3.8, 4) is 0 Å². The molecule has 0 radical (unpaired) electrons. The maximum absolute atomic E-state index is 4.66. The van der Waals surface area contributed by atoms with Crippen LogP contribution in [0.5, 0.6) is 0 Å². The largest absolute Gasteiger partial charge is 0.358 e. The summed E-state index contributed by atoms with van der Waals surface area (Å²) in [6.07, 6.45) is 3.13. The van der Waals surface area contributed by atoms with Gasteiger partial charge in [0.1, 0.15) is 0 Å². The van der Waals surface area contributed by atoms with Crippen LogP contribution in [0, 0.1) is 0 Å². The quantitative estimate of drug-likeness (QED) is 0.921. The summed E-state index contributed by atoms with van der Waals surface area (Å²) >= 11 is 1.61. The van der Waals surface area contributed by atoms with Crippen LogP contribution >= 0.6 is 11.3 Å². The molecule has 1 unspecified atom stereocenters. The zero-order chi connectivity index (χ0) is 14.9. The molecule has 0 aliphatic rings. The highest BCUT2D eigenvalue weighted by Crippen LogP contribution is 2.26. The van der Waals surface area contributed by atoms with Gasteiger partial charge in [0.15, 0.2) is 0 Å². The Morgan fingerprint density at radius 3 is 2.65 bits per heavy atom. The van der Waals surface area contributed by atoms with Gasteiger partial charge in [-0.15, -0.1) is 5.10 Å². The molecule has 1 N–H and O–H groups in total. The molecule has 0 aromatic carbocycles. The minimum atomic E-state index is 0.0695. The molecule has 0 bridgehead atoms. The van der Waals surface area contributed by atoms with Gasteiger partial charge in [-0.05, 0) is 34.0 Å². The van der Waals surface area contributed by atoms with E-state index in [1.165, 1.54) is 0 Å². The molecule has 20 heavy (non-hydrogen) atoms. The van der Waals surface area contributed by atoms with E-state index in [-0.39, 0.29) is 5.41 Å². The number of hydrogen-bond donors (Lipinski definition) is 1. The Hall–Kier alpha value is -1.14. The molecular weight excluding hydrogens is 270 g/mol. The maximum Gasteiger partial charge on any atom is 0.214 e. The van der Waals surface area contributed by atoms with Crippen molar-refractivity contribution in [2.45, 2.75) is 45.6 Å². The normalized spacial score (nSPS) is 14.2. The lowest BCUT2D eigenvalue weighted by Gasteiger charge is -2.15. The number of rotatable bonds is 5. The standard InChI is InChI=1S/C14H25N5S/c1-10(7-8-18(5)6)15-12-17-19-9-11(14(2,3)4)16-13(19)20-12/h9-10H,7-8H2,1-6H3,(H,15,17). The maximum atomic E-state index is 4.66. The van der Waals surface area contributed by atoms with E-state index < -0.39 is 0 Å². The third-order valence-electron chi connectivity index (χ3n) is 3.19. The highest BCUT2D eigenvalue weighted by molar-refractivity contribution is 7.20. The van der Waals surface area contributed by atoms with E-state index in [9.17, 15) is 0 Å². The first kappa shape index (κ1) is 15.3. The monoisotopic (exact) mass is 295 g/mol. The van der Waals surface area contributed by atoms with Gasteiger partial charge < -0.3 is 10.2 Å². The van der Waals surface area contributed by atoms with E-state index in [1.807, 2.05) is 10.7 Å². The van der Waals surface area contributed by atoms with Crippen molar-refractivity contribution in [3.63, 3.8) is 0 Å². The second-order valence-electron chi connectivity index (χ2n) is 6.65. The van der Waals surface area contributed by atoms with E-state index in [0.29, 0.717) is 6.04 Å². The van der Waals surface area contributed by atoms with Crippen LogP contribution in [0.25, 0.3) is 4.96 Å². The zero-order valence-corrected chi connectivity index (χ0v) is 14.1. The molecule has 0 aliphatic heterocycles. The Morgan fingerprint density at radius 2 is 2.10 bits per heavy atom. The van der Waals surface area contributed by atoms with Crippen LogP contribution in [0.3, 0.4) is 0 Å². The van der Waals surface area contributed by atoms with E-state index in [2.05, 4.69) is 62.1 Å². The SMILES string of the molecule is CC(CCN(C)C)Nc1nn2cc(C(C)(C)C)nc2s1. The molecule has 2 aromatic rings. The number of hydrogen-bond acceptors (Lipinski definition) is 5. The highest BCUT2D eigenvalue weighted by Gasteiger charge is 2.19. The first-order chi connectivity index (χ1) is 9.25. The van der Waals surface area contributed by atoms with Crippen LogP contribution in [-0.4, -0.2) is 46.2 Å². The molecule has 2 heterocycles. The summed E-state index contributed by atoms with van der Waals surface area (Å²) in [5.41, 5.74) is 1.16. The van der Waals surface area contributed by atoms with Crippen LogP contribution in [-0.2, 0) is 5.41 Å². The number of anilines is 1.